The Labute approximate surface area is 122 Å². The Morgan fingerprint density at radius 3 is 2.50 bits per heavy atom. The van der Waals surface area contributed by atoms with Gasteiger partial charge in [0.15, 0.2) is 0 Å². The van der Waals surface area contributed by atoms with Gasteiger partial charge in [0.05, 0.1) is 6.04 Å². The van der Waals surface area contributed by atoms with E-state index in [1.165, 1.54) is 5.56 Å². The van der Waals surface area contributed by atoms with E-state index >= 15 is 0 Å². The molecule has 0 saturated heterocycles. The van der Waals surface area contributed by atoms with Crippen molar-refractivity contribution in [2.45, 2.75) is 40.2 Å². The van der Waals surface area contributed by atoms with Crippen LogP contribution in [0.1, 0.15) is 48.0 Å². The van der Waals surface area contributed by atoms with Crippen LogP contribution in [0.2, 0.25) is 0 Å². The first-order valence-corrected chi connectivity index (χ1v) is 7.26. The molecule has 0 saturated carbocycles. The molecule has 1 atom stereocenters. The lowest BCUT2D eigenvalue weighted by Crippen LogP contribution is -2.14. The van der Waals surface area contributed by atoms with Crippen molar-refractivity contribution in [1.82, 2.24) is 4.98 Å². The fourth-order valence-electron chi connectivity index (χ4n) is 2.59. The Hall–Kier alpha value is -1.67. The molecule has 2 N–H and O–H groups in total. The Kier molecular flexibility index (Phi) is 4.56. The number of rotatable bonds is 4. The summed E-state index contributed by atoms with van der Waals surface area (Å²) in [6.45, 7) is 8.51. The molecule has 1 aromatic carbocycles. The summed E-state index contributed by atoms with van der Waals surface area (Å²) in [7, 11) is 0. The minimum Gasteiger partial charge on any atom is -0.320 e. The summed E-state index contributed by atoms with van der Waals surface area (Å²) in [5, 5.41) is 0. The average molecular weight is 268 g/mol. The Morgan fingerprint density at radius 2 is 1.85 bits per heavy atom. The van der Waals surface area contributed by atoms with Crippen molar-refractivity contribution in [1.29, 1.82) is 0 Å². The highest BCUT2D eigenvalue weighted by atomic mass is 14.7. The average Bonchev–Trinajstić information content (AvgIpc) is 2.37. The maximum atomic E-state index is 6.43. The molecule has 2 heteroatoms. The van der Waals surface area contributed by atoms with E-state index in [-0.39, 0.29) is 6.04 Å². The van der Waals surface area contributed by atoms with Gasteiger partial charge in [0.1, 0.15) is 0 Å². The molecule has 2 aromatic rings. The summed E-state index contributed by atoms with van der Waals surface area (Å²) in [4.78, 5) is 4.51. The molecule has 0 spiro atoms. The minimum absolute atomic E-state index is 0.102. The van der Waals surface area contributed by atoms with E-state index in [0.29, 0.717) is 5.92 Å². The second kappa shape index (κ2) is 6.19. The lowest BCUT2D eigenvalue weighted by atomic mass is 9.94. The molecule has 0 aliphatic carbocycles. The van der Waals surface area contributed by atoms with E-state index in [0.717, 1.165) is 28.9 Å². The highest BCUT2D eigenvalue weighted by Gasteiger charge is 2.13. The first-order chi connectivity index (χ1) is 9.47. The first-order valence-electron chi connectivity index (χ1n) is 7.26. The summed E-state index contributed by atoms with van der Waals surface area (Å²) in [6, 6.07) is 12.6. The molecule has 0 amide bonds. The van der Waals surface area contributed by atoms with E-state index < -0.39 is 0 Å². The number of aromatic nitrogens is 1. The van der Waals surface area contributed by atoms with Gasteiger partial charge in [-0.1, -0.05) is 44.2 Å². The van der Waals surface area contributed by atoms with Gasteiger partial charge in [0, 0.05) is 11.4 Å². The van der Waals surface area contributed by atoms with Gasteiger partial charge < -0.3 is 5.73 Å². The van der Waals surface area contributed by atoms with Crippen molar-refractivity contribution in [3.63, 3.8) is 0 Å². The van der Waals surface area contributed by atoms with Crippen LogP contribution in [0.5, 0.6) is 0 Å². The van der Waals surface area contributed by atoms with Crippen LogP contribution in [-0.4, -0.2) is 4.98 Å². The lowest BCUT2D eigenvalue weighted by Gasteiger charge is -2.16. The van der Waals surface area contributed by atoms with E-state index in [9.17, 15) is 0 Å². The smallest absolute Gasteiger partial charge is 0.0569 e. The van der Waals surface area contributed by atoms with Crippen molar-refractivity contribution < 1.29 is 0 Å². The van der Waals surface area contributed by atoms with Crippen molar-refractivity contribution in [2.24, 2.45) is 11.7 Å². The molecular formula is C18H24N2. The molecule has 0 radical (unpaired) electrons. The molecule has 0 aliphatic heterocycles. The number of hydrogen-bond donors (Lipinski definition) is 1. The van der Waals surface area contributed by atoms with Gasteiger partial charge in [-0.15, -0.1) is 0 Å². The molecule has 1 aromatic heterocycles. The van der Waals surface area contributed by atoms with Crippen LogP contribution >= 0.6 is 0 Å². The molecule has 106 valence electrons. The van der Waals surface area contributed by atoms with Crippen molar-refractivity contribution in [3.8, 4) is 0 Å². The predicted octanol–water partition coefficient (Wildman–Crippen LogP) is 3.95. The summed E-state index contributed by atoms with van der Waals surface area (Å²) in [5.41, 5.74) is 12.1. The molecule has 2 nitrogen and oxygen atoms in total. The van der Waals surface area contributed by atoms with Gasteiger partial charge in [-0.05, 0) is 48.9 Å². The minimum atomic E-state index is -0.102. The lowest BCUT2D eigenvalue weighted by molar-refractivity contribution is 0.646. The second-order valence-electron chi connectivity index (χ2n) is 5.95. The molecule has 0 aliphatic rings. The van der Waals surface area contributed by atoms with Crippen LogP contribution in [0.4, 0.5) is 0 Å². The van der Waals surface area contributed by atoms with Gasteiger partial charge in [-0.25, -0.2) is 0 Å². The van der Waals surface area contributed by atoms with Crippen molar-refractivity contribution in [2.75, 3.05) is 0 Å². The predicted molar refractivity (Wildman–Crippen MR) is 84.7 cm³/mol. The van der Waals surface area contributed by atoms with Gasteiger partial charge >= 0.3 is 0 Å². The molecule has 1 heterocycles. The fourth-order valence-corrected chi connectivity index (χ4v) is 2.59. The summed E-state index contributed by atoms with van der Waals surface area (Å²) in [6.07, 6.45) is 1.09. The van der Waals surface area contributed by atoms with E-state index in [1.54, 1.807) is 0 Å². The van der Waals surface area contributed by atoms with E-state index in [4.69, 9.17) is 5.73 Å². The molecule has 0 fully saturated rings. The molecular weight excluding hydrogens is 244 g/mol. The Bertz CT molecular complexity index is 588. The van der Waals surface area contributed by atoms with Crippen LogP contribution in [-0.2, 0) is 6.42 Å². The third-order valence-corrected chi connectivity index (χ3v) is 3.56. The van der Waals surface area contributed by atoms with Crippen LogP contribution < -0.4 is 5.73 Å². The zero-order valence-electron chi connectivity index (χ0n) is 12.9. The number of pyridine rings is 1. The molecule has 2 rings (SSSR count). The monoisotopic (exact) mass is 268 g/mol. The summed E-state index contributed by atoms with van der Waals surface area (Å²) in [5.74, 6) is 0.657. The summed E-state index contributed by atoms with van der Waals surface area (Å²) < 4.78 is 0. The van der Waals surface area contributed by atoms with Crippen molar-refractivity contribution >= 4 is 0 Å². The van der Waals surface area contributed by atoms with E-state index in [2.05, 4.69) is 49.2 Å². The van der Waals surface area contributed by atoms with Crippen LogP contribution in [0.15, 0.2) is 36.4 Å². The maximum absolute atomic E-state index is 6.43. The topological polar surface area (TPSA) is 38.9 Å². The molecule has 1 unspecified atom stereocenters. The maximum Gasteiger partial charge on any atom is 0.0569 e. The number of hydrogen-bond acceptors (Lipinski definition) is 2. The van der Waals surface area contributed by atoms with Crippen LogP contribution in [0.3, 0.4) is 0 Å². The first kappa shape index (κ1) is 14.7. The van der Waals surface area contributed by atoms with Gasteiger partial charge in [0.25, 0.3) is 0 Å². The standard InChI is InChI=1S/C18H24N2/c1-12(2)10-15-6-5-7-16(11-15)18(19)17-9-8-13(3)20-14(17)4/h5-9,11-12,18H,10,19H2,1-4H3. The van der Waals surface area contributed by atoms with E-state index in [1.807, 2.05) is 19.9 Å². The quantitative estimate of drug-likeness (QED) is 0.912. The number of aryl methyl sites for hydroxylation is 2. The van der Waals surface area contributed by atoms with Crippen LogP contribution in [0.25, 0.3) is 0 Å². The largest absolute Gasteiger partial charge is 0.320 e. The SMILES string of the molecule is Cc1ccc(C(N)c2cccc(CC(C)C)c2)c(C)n1. The highest BCUT2D eigenvalue weighted by molar-refractivity contribution is 5.36. The van der Waals surface area contributed by atoms with Crippen molar-refractivity contribution in [3.05, 3.63) is 64.5 Å². The number of nitrogens with two attached hydrogens (primary N) is 1. The Morgan fingerprint density at radius 1 is 1.10 bits per heavy atom. The highest BCUT2D eigenvalue weighted by Crippen LogP contribution is 2.23. The normalized spacial score (nSPS) is 12.7. The molecule has 0 bridgehead atoms. The van der Waals surface area contributed by atoms with Gasteiger partial charge in [-0.2, -0.15) is 0 Å². The zero-order valence-corrected chi connectivity index (χ0v) is 12.9. The van der Waals surface area contributed by atoms with Gasteiger partial charge in [-0.3, -0.25) is 4.98 Å². The summed E-state index contributed by atoms with van der Waals surface area (Å²) >= 11 is 0. The van der Waals surface area contributed by atoms with Crippen LogP contribution in [0, 0.1) is 19.8 Å². The molecule has 20 heavy (non-hydrogen) atoms. The number of nitrogens with zero attached hydrogens (tertiary/aromatic N) is 1. The van der Waals surface area contributed by atoms with Gasteiger partial charge in [0.2, 0.25) is 0 Å². The number of benzene rings is 1. The fraction of sp³-hybridized carbons (Fsp3) is 0.389. The third-order valence-electron chi connectivity index (χ3n) is 3.56. The Balaban J connectivity index is 2.30. The second-order valence-corrected chi connectivity index (χ2v) is 5.95. The zero-order chi connectivity index (χ0) is 14.7. The third kappa shape index (κ3) is 3.45.